The quantitative estimate of drug-likeness (QED) is 0.295. The van der Waals surface area contributed by atoms with Crippen molar-refractivity contribution in [2.45, 2.75) is 25.2 Å². The summed E-state index contributed by atoms with van der Waals surface area (Å²) in [5.74, 6) is 1.32. The van der Waals surface area contributed by atoms with E-state index in [1.807, 2.05) is 18.5 Å². The van der Waals surface area contributed by atoms with E-state index in [4.69, 9.17) is 4.42 Å². The van der Waals surface area contributed by atoms with E-state index in [9.17, 15) is 0 Å². The summed E-state index contributed by atoms with van der Waals surface area (Å²) in [5.41, 5.74) is 8.31. The topological polar surface area (TPSA) is 26.0 Å². The zero-order chi connectivity index (χ0) is 21.5. The molecule has 2 nitrogen and oxygen atoms in total. The molecule has 2 heterocycles. The predicted molar refractivity (Wildman–Crippen MR) is 135 cm³/mol. The summed E-state index contributed by atoms with van der Waals surface area (Å²) >= 11 is 3.79. The smallest absolute Gasteiger partial charge is 0.142 e. The highest BCUT2D eigenvalue weighted by atomic mass is 79.9. The molecule has 32 heavy (non-hydrogen) atoms. The van der Waals surface area contributed by atoms with E-state index in [2.05, 4.69) is 93.7 Å². The van der Waals surface area contributed by atoms with Crippen LogP contribution in [0.4, 0.5) is 0 Å². The van der Waals surface area contributed by atoms with Crippen LogP contribution in [0.25, 0.3) is 27.7 Å². The molecule has 2 aromatic carbocycles. The largest absolute Gasteiger partial charge is 0.455 e. The highest BCUT2D eigenvalue weighted by molar-refractivity contribution is 9.11. The van der Waals surface area contributed by atoms with Crippen molar-refractivity contribution in [3.05, 3.63) is 118 Å². The van der Waals surface area contributed by atoms with Crippen molar-refractivity contribution < 1.29 is 4.42 Å². The van der Waals surface area contributed by atoms with Crippen molar-refractivity contribution in [3.8, 4) is 11.1 Å². The van der Waals surface area contributed by atoms with Gasteiger partial charge in [-0.15, -0.1) is 0 Å². The summed E-state index contributed by atoms with van der Waals surface area (Å²) < 4.78 is 7.86. The van der Waals surface area contributed by atoms with E-state index >= 15 is 0 Å². The molecule has 0 radical (unpaired) electrons. The average Bonchev–Trinajstić information content (AvgIpc) is 3.24. The molecule has 0 bridgehead atoms. The fourth-order valence-electron chi connectivity index (χ4n) is 4.92. The zero-order valence-corrected chi connectivity index (χ0v) is 19.2. The van der Waals surface area contributed by atoms with Gasteiger partial charge in [-0.1, -0.05) is 82.7 Å². The Balaban J connectivity index is 1.48. The number of aromatic nitrogens is 1. The maximum absolute atomic E-state index is 6.65. The van der Waals surface area contributed by atoms with Crippen LogP contribution in [0.2, 0.25) is 0 Å². The second-order valence-electron chi connectivity index (χ2n) is 8.42. The summed E-state index contributed by atoms with van der Waals surface area (Å²) in [6, 6.07) is 21.2. The van der Waals surface area contributed by atoms with Crippen molar-refractivity contribution in [1.82, 2.24) is 4.98 Å². The van der Waals surface area contributed by atoms with E-state index in [0.717, 1.165) is 36.2 Å². The van der Waals surface area contributed by atoms with Crippen LogP contribution in [0.15, 0.2) is 106 Å². The van der Waals surface area contributed by atoms with E-state index in [0.29, 0.717) is 5.92 Å². The number of rotatable bonds is 3. The van der Waals surface area contributed by atoms with Crippen LogP contribution in [-0.2, 0) is 6.42 Å². The molecule has 0 saturated heterocycles. The Morgan fingerprint density at radius 1 is 0.969 bits per heavy atom. The van der Waals surface area contributed by atoms with E-state index in [1.165, 1.54) is 37.7 Å². The lowest BCUT2D eigenvalue weighted by molar-refractivity contribution is 0.591. The molecule has 4 aromatic rings. The highest BCUT2D eigenvalue weighted by Crippen LogP contribution is 2.44. The van der Waals surface area contributed by atoms with E-state index in [1.54, 1.807) is 0 Å². The lowest BCUT2D eigenvalue weighted by atomic mass is 9.84. The Morgan fingerprint density at radius 2 is 1.88 bits per heavy atom. The first kappa shape index (κ1) is 19.5. The number of allylic oxidation sites excluding steroid dienone is 6. The van der Waals surface area contributed by atoms with Crippen LogP contribution in [0, 0.1) is 0 Å². The van der Waals surface area contributed by atoms with Crippen LogP contribution >= 0.6 is 15.9 Å². The number of pyridine rings is 1. The summed E-state index contributed by atoms with van der Waals surface area (Å²) in [6.07, 6.45) is 13.7. The SMILES string of the molecule is BrC1=CC(C2=CCCc3c2oc2c(-c4ccccc4)cccc32)=CC(c2cccnc2)C1. The number of fused-ring (bicyclic) bond motifs is 3. The molecular formula is C29H22BrNO. The van der Waals surface area contributed by atoms with Crippen LogP contribution < -0.4 is 0 Å². The molecule has 3 heteroatoms. The fourth-order valence-corrected chi connectivity index (χ4v) is 5.52. The van der Waals surface area contributed by atoms with Crippen LogP contribution in [0.1, 0.15) is 35.6 Å². The predicted octanol–water partition coefficient (Wildman–Crippen LogP) is 8.22. The number of benzene rings is 2. The van der Waals surface area contributed by atoms with Gasteiger partial charge >= 0.3 is 0 Å². The second-order valence-corrected chi connectivity index (χ2v) is 9.44. The Hall–Kier alpha value is -3.17. The number of aryl methyl sites for hydroxylation is 1. The maximum Gasteiger partial charge on any atom is 0.142 e. The number of halogens is 1. The molecule has 2 aliphatic carbocycles. The third-order valence-electron chi connectivity index (χ3n) is 6.42. The van der Waals surface area contributed by atoms with E-state index < -0.39 is 0 Å². The standard InChI is InChI=1S/C29H22BrNO/c30-23-16-21(20-9-6-14-31-18-20)15-22(17-23)25-11-5-13-27-26-12-4-10-24(28(26)32-29(25)27)19-7-2-1-3-8-19/h1-4,6-12,14-15,17-18,21H,5,13,16H2. The molecule has 156 valence electrons. The first-order valence-corrected chi connectivity index (χ1v) is 11.9. The Labute approximate surface area is 196 Å². The third kappa shape index (κ3) is 3.37. The molecule has 0 fully saturated rings. The van der Waals surface area contributed by atoms with Gasteiger partial charge in [-0.05, 0) is 52.6 Å². The molecular weight excluding hydrogens is 458 g/mol. The van der Waals surface area contributed by atoms with Crippen LogP contribution in [0.3, 0.4) is 0 Å². The molecule has 1 atom stereocenters. The normalized spacial score (nSPS) is 18.0. The zero-order valence-electron chi connectivity index (χ0n) is 17.6. The van der Waals surface area contributed by atoms with Gasteiger partial charge in [0.1, 0.15) is 11.3 Å². The van der Waals surface area contributed by atoms with Crippen molar-refractivity contribution in [3.63, 3.8) is 0 Å². The lowest BCUT2D eigenvalue weighted by Gasteiger charge is -2.22. The van der Waals surface area contributed by atoms with Crippen molar-refractivity contribution in [1.29, 1.82) is 0 Å². The molecule has 1 unspecified atom stereocenters. The molecule has 0 spiro atoms. The molecule has 0 saturated carbocycles. The van der Waals surface area contributed by atoms with Crippen molar-refractivity contribution in [2.75, 3.05) is 0 Å². The minimum atomic E-state index is 0.300. The average molecular weight is 480 g/mol. The van der Waals surface area contributed by atoms with Gasteiger partial charge in [-0.3, -0.25) is 4.98 Å². The summed E-state index contributed by atoms with van der Waals surface area (Å²) in [4.78, 5) is 4.33. The summed E-state index contributed by atoms with van der Waals surface area (Å²) in [5, 5.41) is 1.23. The van der Waals surface area contributed by atoms with Crippen LogP contribution in [0.5, 0.6) is 0 Å². The molecule has 2 aliphatic rings. The highest BCUT2D eigenvalue weighted by Gasteiger charge is 2.26. The lowest BCUT2D eigenvalue weighted by Crippen LogP contribution is -2.05. The van der Waals surface area contributed by atoms with Gasteiger partial charge in [0.05, 0.1) is 0 Å². The molecule has 6 rings (SSSR count). The first-order valence-electron chi connectivity index (χ1n) is 11.1. The van der Waals surface area contributed by atoms with Gasteiger partial charge in [0, 0.05) is 40.4 Å². The first-order chi connectivity index (χ1) is 15.8. The van der Waals surface area contributed by atoms with Crippen molar-refractivity contribution in [2.24, 2.45) is 0 Å². The molecule has 0 amide bonds. The number of furan rings is 1. The fraction of sp³-hybridized carbons (Fsp3) is 0.138. The minimum Gasteiger partial charge on any atom is -0.455 e. The number of hydrogen-bond donors (Lipinski definition) is 0. The van der Waals surface area contributed by atoms with E-state index in [-0.39, 0.29) is 0 Å². The van der Waals surface area contributed by atoms with Gasteiger partial charge in [-0.25, -0.2) is 0 Å². The second kappa shape index (κ2) is 8.07. The third-order valence-corrected chi connectivity index (χ3v) is 6.97. The Morgan fingerprint density at radius 3 is 2.72 bits per heavy atom. The monoisotopic (exact) mass is 479 g/mol. The maximum atomic E-state index is 6.65. The molecule has 0 N–H and O–H groups in total. The van der Waals surface area contributed by atoms with Gasteiger partial charge < -0.3 is 4.42 Å². The van der Waals surface area contributed by atoms with Gasteiger partial charge in [0.15, 0.2) is 0 Å². The summed E-state index contributed by atoms with van der Waals surface area (Å²) in [7, 11) is 0. The van der Waals surface area contributed by atoms with Crippen molar-refractivity contribution >= 4 is 32.5 Å². The number of nitrogens with zero attached hydrogens (tertiary/aromatic N) is 1. The van der Waals surface area contributed by atoms with Gasteiger partial charge in [0.2, 0.25) is 0 Å². The number of para-hydroxylation sites is 1. The molecule has 2 aromatic heterocycles. The molecule has 0 aliphatic heterocycles. The Kier molecular flexibility index (Phi) is 4.92. The minimum absolute atomic E-state index is 0.300. The van der Waals surface area contributed by atoms with Gasteiger partial charge in [-0.2, -0.15) is 0 Å². The van der Waals surface area contributed by atoms with Crippen LogP contribution in [-0.4, -0.2) is 4.98 Å². The Bertz CT molecular complexity index is 1390. The number of hydrogen-bond acceptors (Lipinski definition) is 2. The van der Waals surface area contributed by atoms with Gasteiger partial charge in [0.25, 0.3) is 0 Å². The summed E-state index contributed by atoms with van der Waals surface area (Å²) in [6.45, 7) is 0.